The lowest BCUT2D eigenvalue weighted by molar-refractivity contribution is 0.0976. The molecule has 1 unspecified atom stereocenters. The Kier molecular flexibility index (Phi) is 6.28. The highest BCUT2D eigenvalue weighted by Gasteiger charge is 2.29. The minimum Gasteiger partial charge on any atom is -0.383 e. The van der Waals surface area contributed by atoms with E-state index < -0.39 is 0 Å². The van der Waals surface area contributed by atoms with Crippen molar-refractivity contribution in [2.75, 3.05) is 53.6 Å². The molecule has 1 N–H and O–H groups in total. The molecule has 0 amide bonds. The monoisotopic (exact) mass is 230 g/mol. The van der Waals surface area contributed by atoms with Gasteiger partial charge >= 0.3 is 0 Å². The molecule has 16 heavy (non-hydrogen) atoms. The largest absolute Gasteiger partial charge is 0.383 e. The summed E-state index contributed by atoms with van der Waals surface area (Å²) < 4.78 is 10.3. The Labute approximate surface area is 99.3 Å². The van der Waals surface area contributed by atoms with Gasteiger partial charge < -0.3 is 14.8 Å². The molecule has 0 radical (unpaired) electrons. The van der Waals surface area contributed by atoms with Crippen LogP contribution in [-0.2, 0) is 9.47 Å². The fourth-order valence-electron chi connectivity index (χ4n) is 2.30. The summed E-state index contributed by atoms with van der Waals surface area (Å²) in [6.45, 7) is 8.10. The van der Waals surface area contributed by atoms with Crippen molar-refractivity contribution in [1.29, 1.82) is 0 Å². The average Bonchev–Trinajstić information content (AvgIpc) is 2.69. The number of hydrogen-bond donors (Lipinski definition) is 1. The number of nitrogens with zero attached hydrogens (tertiary/aromatic N) is 1. The van der Waals surface area contributed by atoms with Crippen molar-refractivity contribution in [3.05, 3.63) is 0 Å². The van der Waals surface area contributed by atoms with Gasteiger partial charge in [-0.05, 0) is 26.3 Å². The van der Waals surface area contributed by atoms with E-state index in [0.717, 1.165) is 39.4 Å². The normalized spacial score (nSPS) is 25.5. The third-order valence-electron chi connectivity index (χ3n) is 3.25. The minimum atomic E-state index is 0.279. The summed E-state index contributed by atoms with van der Waals surface area (Å²) in [4.78, 5) is 2.42. The highest BCUT2D eigenvalue weighted by Crippen LogP contribution is 2.19. The lowest BCUT2D eigenvalue weighted by Gasteiger charge is -2.32. The van der Waals surface area contributed by atoms with E-state index in [1.54, 1.807) is 14.2 Å². The van der Waals surface area contributed by atoms with Gasteiger partial charge in [0.2, 0.25) is 0 Å². The second kappa shape index (κ2) is 7.22. The maximum atomic E-state index is 5.15. The molecule has 1 aliphatic heterocycles. The van der Waals surface area contributed by atoms with Crippen LogP contribution >= 0.6 is 0 Å². The molecule has 0 saturated carbocycles. The number of hydrogen-bond acceptors (Lipinski definition) is 4. The van der Waals surface area contributed by atoms with Gasteiger partial charge in [-0.25, -0.2) is 0 Å². The summed E-state index contributed by atoms with van der Waals surface area (Å²) in [5.41, 5.74) is 0.279. The van der Waals surface area contributed by atoms with Gasteiger partial charge in [0.15, 0.2) is 0 Å². The molecule has 4 heteroatoms. The Hall–Kier alpha value is -0.160. The zero-order valence-corrected chi connectivity index (χ0v) is 10.9. The van der Waals surface area contributed by atoms with Gasteiger partial charge in [-0.15, -0.1) is 0 Å². The van der Waals surface area contributed by atoms with E-state index in [-0.39, 0.29) is 5.54 Å². The molecule has 0 spiro atoms. The van der Waals surface area contributed by atoms with Crippen molar-refractivity contribution in [2.45, 2.75) is 25.3 Å². The van der Waals surface area contributed by atoms with Crippen molar-refractivity contribution in [2.24, 2.45) is 0 Å². The molecule has 1 saturated heterocycles. The smallest absolute Gasteiger partial charge is 0.0589 e. The summed E-state index contributed by atoms with van der Waals surface area (Å²) in [5.74, 6) is 0. The Morgan fingerprint density at radius 2 is 1.81 bits per heavy atom. The van der Waals surface area contributed by atoms with Crippen LogP contribution in [-0.4, -0.2) is 64.1 Å². The van der Waals surface area contributed by atoms with Crippen molar-refractivity contribution >= 4 is 0 Å². The van der Waals surface area contributed by atoms with E-state index in [1.165, 1.54) is 12.8 Å². The predicted molar refractivity (Wildman–Crippen MR) is 65.8 cm³/mol. The third-order valence-corrected chi connectivity index (χ3v) is 3.25. The van der Waals surface area contributed by atoms with Gasteiger partial charge in [0.05, 0.1) is 13.2 Å². The molecule has 1 rings (SSSR count). The lowest BCUT2D eigenvalue weighted by Crippen LogP contribution is -2.49. The summed E-state index contributed by atoms with van der Waals surface area (Å²) in [6.07, 6.45) is 2.56. The van der Waals surface area contributed by atoms with Crippen molar-refractivity contribution < 1.29 is 9.47 Å². The first kappa shape index (κ1) is 13.9. The Morgan fingerprint density at radius 3 is 2.25 bits per heavy atom. The molecule has 1 fully saturated rings. The quantitative estimate of drug-likeness (QED) is 0.666. The molecular weight excluding hydrogens is 204 g/mol. The zero-order valence-electron chi connectivity index (χ0n) is 10.9. The van der Waals surface area contributed by atoms with E-state index in [9.17, 15) is 0 Å². The zero-order chi connectivity index (χ0) is 11.9. The molecular formula is C12H26N2O2. The third kappa shape index (κ3) is 4.78. The number of nitrogens with one attached hydrogen (secondary N) is 1. The summed E-state index contributed by atoms with van der Waals surface area (Å²) in [5, 5.41) is 3.59. The van der Waals surface area contributed by atoms with Crippen LogP contribution < -0.4 is 5.32 Å². The van der Waals surface area contributed by atoms with Gasteiger partial charge in [-0.1, -0.05) is 0 Å². The van der Waals surface area contributed by atoms with Crippen molar-refractivity contribution in [1.82, 2.24) is 10.2 Å². The van der Waals surface area contributed by atoms with Crippen LogP contribution in [0.2, 0.25) is 0 Å². The Bertz CT molecular complexity index is 174. The van der Waals surface area contributed by atoms with Gasteiger partial charge in [-0.2, -0.15) is 0 Å². The van der Waals surface area contributed by atoms with E-state index in [2.05, 4.69) is 17.1 Å². The maximum absolute atomic E-state index is 5.15. The molecule has 0 aromatic rings. The molecule has 0 bridgehead atoms. The first-order valence-electron chi connectivity index (χ1n) is 6.15. The van der Waals surface area contributed by atoms with Gasteiger partial charge in [0.1, 0.15) is 0 Å². The molecule has 96 valence electrons. The van der Waals surface area contributed by atoms with Crippen molar-refractivity contribution in [3.63, 3.8) is 0 Å². The fraction of sp³-hybridized carbons (Fsp3) is 1.00. The highest BCUT2D eigenvalue weighted by atomic mass is 16.5. The van der Waals surface area contributed by atoms with Gasteiger partial charge in [0, 0.05) is 39.4 Å². The topological polar surface area (TPSA) is 33.7 Å². The predicted octanol–water partition coefficient (Wildman–Crippen LogP) is 0.723. The first-order chi connectivity index (χ1) is 7.70. The van der Waals surface area contributed by atoms with E-state index in [0.29, 0.717) is 0 Å². The van der Waals surface area contributed by atoms with Crippen LogP contribution in [0.3, 0.4) is 0 Å². The highest BCUT2D eigenvalue weighted by molar-refractivity contribution is 4.91. The van der Waals surface area contributed by atoms with Crippen LogP contribution in [0.15, 0.2) is 0 Å². The molecule has 1 aliphatic rings. The van der Waals surface area contributed by atoms with Crippen molar-refractivity contribution in [3.8, 4) is 0 Å². The van der Waals surface area contributed by atoms with E-state index in [1.807, 2.05) is 0 Å². The van der Waals surface area contributed by atoms with E-state index in [4.69, 9.17) is 9.47 Å². The summed E-state index contributed by atoms with van der Waals surface area (Å²) >= 11 is 0. The maximum Gasteiger partial charge on any atom is 0.0589 e. The molecule has 0 aromatic carbocycles. The van der Waals surface area contributed by atoms with Crippen LogP contribution in [0.4, 0.5) is 0 Å². The second-order valence-electron chi connectivity index (χ2n) is 4.85. The molecule has 0 aromatic heterocycles. The van der Waals surface area contributed by atoms with Crippen LogP contribution in [0.5, 0.6) is 0 Å². The fourth-order valence-corrected chi connectivity index (χ4v) is 2.30. The standard InChI is InChI=1S/C12H26N2O2/c1-12(5-4-6-13-12)11-14(7-9-15-2)8-10-16-3/h13H,4-11H2,1-3H3. The number of ether oxygens (including phenoxy) is 2. The minimum absolute atomic E-state index is 0.279. The first-order valence-corrected chi connectivity index (χ1v) is 6.15. The Balaban J connectivity index is 2.34. The van der Waals surface area contributed by atoms with Gasteiger partial charge in [-0.3, -0.25) is 4.90 Å². The average molecular weight is 230 g/mol. The van der Waals surface area contributed by atoms with Crippen LogP contribution in [0.25, 0.3) is 0 Å². The number of methoxy groups -OCH3 is 2. The SMILES string of the molecule is COCCN(CCOC)CC1(C)CCCN1. The molecule has 0 aliphatic carbocycles. The van der Waals surface area contributed by atoms with Crippen LogP contribution in [0.1, 0.15) is 19.8 Å². The molecule has 4 nitrogen and oxygen atoms in total. The number of rotatable bonds is 8. The Morgan fingerprint density at radius 1 is 1.19 bits per heavy atom. The summed E-state index contributed by atoms with van der Waals surface area (Å²) in [6, 6.07) is 0. The molecule has 1 heterocycles. The second-order valence-corrected chi connectivity index (χ2v) is 4.85. The van der Waals surface area contributed by atoms with Crippen LogP contribution in [0, 0.1) is 0 Å². The van der Waals surface area contributed by atoms with Gasteiger partial charge in [0.25, 0.3) is 0 Å². The summed E-state index contributed by atoms with van der Waals surface area (Å²) in [7, 11) is 3.51. The lowest BCUT2D eigenvalue weighted by atomic mass is 10.00. The van der Waals surface area contributed by atoms with E-state index >= 15 is 0 Å². The molecule has 1 atom stereocenters.